The molecule has 4 nitrogen and oxygen atoms in total. The van der Waals surface area contributed by atoms with Crippen molar-refractivity contribution >= 4 is 0 Å². The van der Waals surface area contributed by atoms with Gasteiger partial charge in [0, 0.05) is 26.2 Å². The summed E-state index contributed by atoms with van der Waals surface area (Å²) in [6, 6.07) is 0.740. The molecule has 2 fully saturated rings. The molecule has 0 aromatic heterocycles. The van der Waals surface area contributed by atoms with Crippen molar-refractivity contribution in [2.45, 2.75) is 37.8 Å². The van der Waals surface area contributed by atoms with Gasteiger partial charge in [0.25, 0.3) is 0 Å². The van der Waals surface area contributed by atoms with Crippen LogP contribution < -0.4 is 0 Å². The van der Waals surface area contributed by atoms with Gasteiger partial charge in [0.2, 0.25) is 0 Å². The second-order valence-electron chi connectivity index (χ2n) is 5.35. The van der Waals surface area contributed by atoms with Crippen LogP contribution in [0.25, 0.3) is 0 Å². The monoisotopic (exact) mass is 243 g/mol. The summed E-state index contributed by atoms with van der Waals surface area (Å²) in [6.45, 7) is 3.55. The van der Waals surface area contributed by atoms with Crippen molar-refractivity contribution in [3.8, 4) is 0 Å². The molecule has 4 heteroatoms. The molecule has 0 amide bonds. The molecular formula is C13H25NO3. The van der Waals surface area contributed by atoms with Crippen molar-refractivity contribution < 1.29 is 14.6 Å². The maximum absolute atomic E-state index is 9.92. The topological polar surface area (TPSA) is 41.9 Å². The molecule has 2 rings (SSSR count). The summed E-state index contributed by atoms with van der Waals surface area (Å²) in [7, 11) is 1.66. The van der Waals surface area contributed by atoms with Gasteiger partial charge in [0.05, 0.1) is 25.9 Å². The van der Waals surface area contributed by atoms with Crippen molar-refractivity contribution in [1.29, 1.82) is 0 Å². The third kappa shape index (κ3) is 5.34. The minimum absolute atomic E-state index is 0.355. The van der Waals surface area contributed by atoms with E-state index in [0.717, 1.165) is 18.5 Å². The molecule has 0 aliphatic heterocycles. The van der Waals surface area contributed by atoms with Gasteiger partial charge >= 0.3 is 0 Å². The first-order chi connectivity index (χ1) is 8.29. The summed E-state index contributed by atoms with van der Waals surface area (Å²) in [4.78, 5) is 2.46. The van der Waals surface area contributed by atoms with Gasteiger partial charge in [-0.15, -0.1) is 0 Å². The largest absolute Gasteiger partial charge is 0.389 e. The molecule has 2 aliphatic carbocycles. The SMILES string of the molecule is COCCOCC(O)CN(CC1CC1)C1CC1. The van der Waals surface area contributed by atoms with Crippen LogP contribution in [0.15, 0.2) is 0 Å². The van der Waals surface area contributed by atoms with E-state index >= 15 is 0 Å². The van der Waals surface area contributed by atoms with Gasteiger partial charge in [0.15, 0.2) is 0 Å². The molecule has 100 valence electrons. The number of nitrogens with zero attached hydrogens (tertiary/aromatic N) is 1. The van der Waals surface area contributed by atoms with Gasteiger partial charge in [-0.25, -0.2) is 0 Å². The molecule has 1 unspecified atom stereocenters. The molecule has 1 atom stereocenters. The van der Waals surface area contributed by atoms with Crippen molar-refractivity contribution in [2.75, 3.05) is 40.0 Å². The quantitative estimate of drug-likeness (QED) is 0.579. The molecular weight excluding hydrogens is 218 g/mol. The Morgan fingerprint density at radius 3 is 2.59 bits per heavy atom. The molecule has 2 saturated carbocycles. The maximum atomic E-state index is 9.92. The molecule has 0 spiro atoms. The van der Waals surface area contributed by atoms with E-state index < -0.39 is 0 Å². The Morgan fingerprint density at radius 2 is 2.00 bits per heavy atom. The first kappa shape index (κ1) is 13.3. The molecule has 0 aromatic carbocycles. The standard InChI is InChI=1S/C13H25NO3/c1-16-6-7-17-10-13(15)9-14(12-4-5-12)8-11-2-3-11/h11-13,15H,2-10H2,1H3. The Kier molecular flexibility index (Phi) is 5.22. The molecule has 2 aliphatic rings. The lowest BCUT2D eigenvalue weighted by atomic mass is 10.3. The third-order valence-electron chi connectivity index (χ3n) is 3.44. The lowest BCUT2D eigenvalue weighted by molar-refractivity contribution is -0.00218. The summed E-state index contributed by atoms with van der Waals surface area (Å²) in [5.41, 5.74) is 0. The Labute approximate surface area is 104 Å². The van der Waals surface area contributed by atoms with Crippen molar-refractivity contribution in [1.82, 2.24) is 4.90 Å². The van der Waals surface area contributed by atoms with Crippen molar-refractivity contribution in [3.05, 3.63) is 0 Å². The van der Waals surface area contributed by atoms with Crippen molar-refractivity contribution in [2.24, 2.45) is 5.92 Å². The van der Waals surface area contributed by atoms with Crippen LogP contribution >= 0.6 is 0 Å². The third-order valence-corrected chi connectivity index (χ3v) is 3.44. The highest BCUT2D eigenvalue weighted by atomic mass is 16.5. The normalized spacial score (nSPS) is 22.1. The molecule has 17 heavy (non-hydrogen) atoms. The van der Waals surface area contributed by atoms with Gasteiger partial charge in [-0.2, -0.15) is 0 Å². The summed E-state index contributed by atoms with van der Waals surface area (Å²) in [6.07, 6.45) is 5.02. The first-order valence-electron chi connectivity index (χ1n) is 6.78. The van der Waals surface area contributed by atoms with Crippen molar-refractivity contribution in [3.63, 3.8) is 0 Å². The highest BCUT2D eigenvalue weighted by Crippen LogP contribution is 2.34. The maximum Gasteiger partial charge on any atom is 0.0900 e. The zero-order valence-corrected chi connectivity index (χ0v) is 10.8. The van der Waals surface area contributed by atoms with Crippen LogP contribution in [-0.2, 0) is 9.47 Å². The van der Waals surface area contributed by atoms with Crippen LogP contribution in [-0.4, -0.2) is 62.2 Å². The van der Waals surface area contributed by atoms with E-state index in [1.807, 2.05) is 0 Å². The average molecular weight is 243 g/mol. The van der Waals surface area contributed by atoms with Gasteiger partial charge in [-0.3, -0.25) is 4.90 Å². The number of hydrogen-bond acceptors (Lipinski definition) is 4. The summed E-state index contributed by atoms with van der Waals surface area (Å²) in [5.74, 6) is 0.900. The second-order valence-corrected chi connectivity index (χ2v) is 5.35. The average Bonchev–Trinajstić information content (AvgIpc) is 3.16. The molecule has 0 aromatic rings. The minimum Gasteiger partial charge on any atom is -0.389 e. The summed E-state index contributed by atoms with van der Waals surface area (Å²) >= 11 is 0. The summed E-state index contributed by atoms with van der Waals surface area (Å²) in [5, 5.41) is 9.92. The van der Waals surface area contributed by atoms with Gasteiger partial charge < -0.3 is 14.6 Å². The van der Waals surface area contributed by atoms with Crippen LogP contribution in [0.4, 0.5) is 0 Å². The van der Waals surface area contributed by atoms with E-state index in [4.69, 9.17) is 9.47 Å². The van der Waals surface area contributed by atoms with Crippen LogP contribution in [0, 0.1) is 5.92 Å². The Morgan fingerprint density at radius 1 is 1.24 bits per heavy atom. The van der Waals surface area contributed by atoms with E-state index in [1.165, 1.54) is 32.2 Å². The molecule has 1 N–H and O–H groups in total. The minimum atomic E-state index is -0.355. The second kappa shape index (κ2) is 6.69. The molecule has 0 radical (unpaired) electrons. The van der Waals surface area contributed by atoms with Crippen LogP contribution in [0.1, 0.15) is 25.7 Å². The fourth-order valence-electron chi connectivity index (χ4n) is 2.13. The molecule has 0 bridgehead atoms. The predicted octanol–water partition coefficient (Wildman–Crippen LogP) is 0.885. The number of aliphatic hydroxyl groups is 1. The van der Waals surface area contributed by atoms with E-state index in [-0.39, 0.29) is 6.10 Å². The predicted molar refractivity (Wildman–Crippen MR) is 66.0 cm³/mol. The lowest BCUT2D eigenvalue weighted by Crippen LogP contribution is -2.37. The molecule has 0 saturated heterocycles. The van der Waals surface area contributed by atoms with E-state index in [0.29, 0.717) is 19.8 Å². The number of rotatable bonds is 10. The van der Waals surface area contributed by atoms with Gasteiger partial charge in [-0.05, 0) is 31.6 Å². The Hall–Kier alpha value is -0.160. The van der Waals surface area contributed by atoms with E-state index in [9.17, 15) is 5.11 Å². The van der Waals surface area contributed by atoms with Crippen LogP contribution in [0.5, 0.6) is 0 Å². The lowest BCUT2D eigenvalue weighted by Gasteiger charge is -2.24. The smallest absolute Gasteiger partial charge is 0.0900 e. The Bertz CT molecular complexity index is 217. The van der Waals surface area contributed by atoms with Crippen LogP contribution in [0.2, 0.25) is 0 Å². The summed E-state index contributed by atoms with van der Waals surface area (Å²) < 4.78 is 10.3. The highest BCUT2D eigenvalue weighted by Gasteiger charge is 2.34. The number of hydrogen-bond donors (Lipinski definition) is 1. The van der Waals surface area contributed by atoms with E-state index in [1.54, 1.807) is 7.11 Å². The van der Waals surface area contributed by atoms with Gasteiger partial charge in [-0.1, -0.05) is 0 Å². The Balaban J connectivity index is 1.58. The number of ether oxygens (including phenoxy) is 2. The zero-order chi connectivity index (χ0) is 12.1. The van der Waals surface area contributed by atoms with Gasteiger partial charge in [0.1, 0.15) is 0 Å². The fraction of sp³-hybridized carbons (Fsp3) is 1.00. The number of aliphatic hydroxyl groups excluding tert-OH is 1. The highest BCUT2D eigenvalue weighted by molar-refractivity contribution is 4.89. The zero-order valence-electron chi connectivity index (χ0n) is 10.8. The van der Waals surface area contributed by atoms with Crippen LogP contribution in [0.3, 0.4) is 0 Å². The first-order valence-corrected chi connectivity index (χ1v) is 6.78. The number of methoxy groups -OCH3 is 1. The van der Waals surface area contributed by atoms with E-state index in [2.05, 4.69) is 4.90 Å². The molecule has 0 heterocycles. The fourth-order valence-corrected chi connectivity index (χ4v) is 2.13.